The fourth-order valence-electron chi connectivity index (χ4n) is 3.06. The molecule has 1 aromatic rings. The number of carbonyl (C=O) groups is 1. The second-order valence-electron chi connectivity index (χ2n) is 7.06. The molecule has 2 bridgehead atoms. The first-order valence-electron chi connectivity index (χ1n) is 8.04. The van der Waals surface area contributed by atoms with Crippen molar-refractivity contribution in [1.82, 2.24) is 9.88 Å². The summed E-state index contributed by atoms with van der Waals surface area (Å²) in [6.45, 7) is 6.50. The number of amides is 1. The molecule has 0 saturated carbocycles. The van der Waals surface area contributed by atoms with Crippen LogP contribution in [0.4, 0.5) is 4.79 Å². The number of hydrogen-bond acceptors (Lipinski definition) is 5. The molecule has 3 rings (SSSR count). The lowest BCUT2D eigenvalue weighted by atomic mass is 9.92. The summed E-state index contributed by atoms with van der Waals surface area (Å²) < 4.78 is 11.1. The molecule has 6 nitrogen and oxygen atoms in total. The largest absolute Gasteiger partial charge is 0.444 e. The van der Waals surface area contributed by atoms with Crippen LogP contribution in [0.1, 0.15) is 38.6 Å². The smallest absolute Gasteiger partial charge is 0.411 e. The van der Waals surface area contributed by atoms with Crippen LogP contribution < -0.4 is 0 Å². The first-order chi connectivity index (χ1) is 11.4. The van der Waals surface area contributed by atoms with E-state index < -0.39 is 5.60 Å². The summed E-state index contributed by atoms with van der Waals surface area (Å²) in [5, 5.41) is 9.02. The third-order valence-electron chi connectivity index (χ3n) is 4.00. The maximum absolute atomic E-state index is 12.5. The van der Waals surface area contributed by atoms with Crippen LogP contribution in [0.25, 0.3) is 5.57 Å². The fraction of sp³-hybridized carbons (Fsp3) is 0.500. The lowest BCUT2D eigenvalue weighted by molar-refractivity contribution is -0.0511. The lowest BCUT2D eigenvalue weighted by Crippen LogP contribution is -2.57. The lowest BCUT2D eigenvalue weighted by Gasteiger charge is -2.44. The highest BCUT2D eigenvalue weighted by Gasteiger charge is 2.40. The minimum absolute atomic E-state index is 0.0776. The SMILES string of the molecule is CC(C)(C)OC(=O)N1C2C=C(c3cccc(C#N)n3)CC1COC2. The molecule has 1 saturated heterocycles. The molecule has 0 aliphatic carbocycles. The number of morpholine rings is 1. The Labute approximate surface area is 141 Å². The Bertz CT molecular complexity index is 715. The topological polar surface area (TPSA) is 75.5 Å². The van der Waals surface area contributed by atoms with Crippen molar-refractivity contribution >= 4 is 11.7 Å². The quantitative estimate of drug-likeness (QED) is 0.793. The number of carbonyl (C=O) groups excluding carboxylic acids is 1. The third-order valence-corrected chi connectivity index (χ3v) is 4.00. The monoisotopic (exact) mass is 327 g/mol. The van der Waals surface area contributed by atoms with Gasteiger partial charge in [0, 0.05) is 0 Å². The molecule has 2 aliphatic rings. The van der Waals surface area contributed by atoms with Gasteiger partial charge < -0.3 is 9.47 Å². The number of ether oxygens (including phenoxy) is 2. The molecule has 2 atom stereocenters. The molecule has 0 spiro atoms. The van der Waals surface area contributed by atoms with Crippen LogP contribution in [0.3, 0.4) is 0 Å². The van der Waals surface area contributed by atoms with E-state index in [0.29, 0.717) is 25.3 Å². The number of rotatable bonds is 1. The van der Waals surface area contributed by atoms with Gasteiger partial charge in [0.15, 0.2) is 0 Å². The van der Waals surface area contributed by atoms with E-state index in [0.717, 1.165) is 11.3 Å². The molecule has 126 valence electrons. The zero-order chi connectivity index (χ0) is 17.3. The predicted molar refractivity (Wildman–Crippen MR) is 88.0 cm³/mol. The molecular formula is C18H21N3O3. The Kier molecular flexibility index (Phi) is 4.29. The Morgan fingerprint density at radius 1 is 1.42 bits per heavy atom. The Hall–Kier alpha value is -2.39. The molecule has 3 heterocycles. The molecule has 24 heavy (non-hydrogen) atoms. The number of nitrogens with zero attached hydrogens (tertiary/aromatic N) is 3. The van der Waals surface area contributed by atoms with Crippen molar-refractivity contribution in [2.24, 2.45) is 0 Å². The number of fused-ring (bicyclic) bond motifs is 2. The third kappa shape index (κ3) is 3.41. The second kappa shape index (κ2) is 6.25. The zero-order valence-electron chi connectivity index (χ0n) is 14.2. The highest BCUT2D eigenvalue weighted by molar-refractivity contribution is 5.74. The van der Waals surface area contributed by atoms with Crippen molar-refractivity contribution in [2.75, 3.05) is 13.2 Å². The molecule has 2 aliphatic heterocycles. The maximum atomic E-state index is 12.5. The van der Waals surface area contributed by atoms with E-state index in [-0.39, 0.29) is 18.2 Å². The molecule has 0 N–H and O–H groups in total. The van der Waals surface area contributed by atoms with Crippen LogP contribution in [0.15, 0.2) is 24.3 Å². The van der Waals surface area contributed by atoms with Gasteiger partial charge in [-0.05, 0) is 44.9 Å². The van der Waals surface area contributed by atoms with Crippen LogP contribution in [0.2, 0.25) is 0 Å². The van der Waals surface area contributed by atoms with E-state index in [2.05, 4.69) is 11.1 Å². The van der Waals surface area contributed by atoms with Crippen molar-refractivity contribution in [2.45, 2.75) is 44.9 Å². The predicted octanol–water partition coefficient (Wildman–Crippen LogP) is 2.74. The van der Waals surface area contributed by atoms with Crippen molar-refractivity contribution in [3.05, 3.63) is 35.7 Å². The van der Waals surface area contributed by atoms with Crippen molar-refractivity contribution < 1.29 is 14.3 Å². The highest BCUT2D eigenvalue weighted by atomic mass is 16.6. The second-order valence-corrected chi connectivity index (χ2v) is 7.06. The van der Waals surface area contributed by atoms with Crippen molar-refractivity contribution in [3.63, 3.8) is 0 Å². The molecule has 1 aromatic heterocycles. The molecule has 2 unspecified atom stereocenters. The van der Waals surface area contributed by atoms with Gasteiger partial charge in [0.2, 0.25) is 0 Å². The van der Waals surface area contributed by atoms with Gasteiger partial charge in [-0.3, -0.25) is 4.90 Å². The maximum Gasteiger partial charge on any atom is 0.411 e. The van der Waals surface area contributed by atoms with Crippen molar-refractivity contribution in [3.8, 4) is 6.07 Å². The van der Waals surface area contributed by atoms with Gasteiger partial charge in [0.1, 0.15) is 17.4 Å². The van der Waals surface area contributed by atoms with Crippen LogP contribution in [-0.4, -0.2) is 46.9 Å². The number of pyridine rings is 1. The Balaban J connectivity index is 1.87. The summed E-state index contributed by atoms with van der Waals surface area (Å²) >= 11 is 0. The van der Waals surface area contributed by atoms with Crippen LogP contribution >= 0.6 is 0 Å². The van der Waals surface area contributed by atoms with Gasteiger partial charge in [-0.2, -0.15) is 5.26 Å². The van der Waals surface area contributed by atoms with Gasteiger partial charge in [0.05, 0.1) is 31.0 Å². The zero-order valence-corrected chi connectivity index (χ0v) is 14.2. The van der Waals surface area contributed by atoms with Crippen LogP contribution in [0, 0.1) is 11.3 Å². The number of aromatic nitrogens is 1. The minimum Gasteiger partial charge on any atom is -0.444 e. The van der Waals surface area contributed by atoms with Crippen molar-refractivity contribution in [1.29, 1.82) is 5.26 Å². The van der Waals surface area contributed by atoms with Crippen LogP contribution in [-0.2, 0) is 9.47 Å². The molecule has 1 fully saturated rings. The van der Waals surface area contributed by atoms with E-state index in [9.17, 15) is 4.79 Å². The number of nitriles is 1. The molecule has 1 amide bonds. The fourth-order valence-corrected chi connectivity index (χ4v) is 3.06. The van der Waals surface area contributed by atoms with Gasteiger partial charge in [-0.1, -0.05) is 12.1 Å². The number of hydrogen-bond donors (Lipinski definition) is 0. The minimum atomic E-state index is -0.529. The first-order valence-corrected chi connectivity index (χ1v) is 8.04. The van der Waals surface area contributed by atoms with Gasteiger partial charge >= 0.3 is 6.09 Å². The normalized spacial score (nSPS) is 23.2. The molecule has 0 aromatic carbocycles. The van der Waals surface area contributed by atoms with Gasteiger partial charge in [0.25, 0.3) is 0 Å². The summed E-state index contributed by atoms with van der Waals surface area (Å²) in [5.74, 6) is 0. The molecular weight excluding hydrogens is 306 g/mol. The van der Waals surface area contributed by atoms with Gasteiger partial charge in [-0.25, -0.2) is 9.78 Å². The summed E-state index contributed by atoms with van der Waals surface area (Å²) in [7, 11) is 0. The molecule has 0 radical (unpaired) electrons. The first kappa shape index (κ1) is 16.5. The summed E-state index contributed by atoms with van der Waals surface area (Å²) in [4.78, 5) is 18.7. The molecule has 6 heteroatoms. The summed E-state index contributed by atoms with van der Waals surface area (Å²) in [6.07, 6.45) is 2.33. The summed E-state index contributed by atoms with van der Waals surface area (Å²) in [5.41, 5.74) is 1.70. The van der Waals surface area contributed by atoms with E-state index in [1.165, 1.54) is 0 Å². The van der Waals surface area contributed by atoms with E-state index in [1.54, 1.807) is 11.0 Å². The highest BCUT2D eigenvalue weighted by Crippen LogP contribution is 2.32. The van der Waals surface area contributed by atoms with E-state index in [4.69, 9.17) is 14.7 Å². The average molecular weight is 327 g/mol. The Morgan fingerprint density at radius 3 is 2.88 bits per heavy atom. The van der Waals surface area contributed by atoms with E-state index in [1.807, 2.05) is 39.0 Å². The average Bonchev–Trinajstić information content (AvgIpc) is 2.52. The van der Waals surface area contributed by atoms with Crippen LogP contribution in [0.5, 0.6) is 0 Å². The summed E-state index contributed by atoms with van der Waals surface area (Å²) in [6, 6.07) is 7.22. The van der Waals surface area contributed by atoms with Gasteiger partial charge in [-0.15, -0.1) is 0 Å². The van der Waals surface area contributed by atoms with E-state index >= 15 is 0 Å². The standard InChI is InChI=1S/C18H21N3O3/c1-18(2,3)24-17(22)21-14-7-12(8-15(21)11-23-10-14)16-6-4-5-13(9-19)20-16/h4-7,14-15H,8,10-11H2,1-3H3. The Morgan fingerprint density at radius 2 is 2.21 bits per heavy atom.